The van der Waals surface area contributed by atoms with Gasteiger partial charge in [-0.05, 0) is 37.6 Å². The maximum absolute atomic E-state index is 13.9. The van der Waals surface area contributed by atoms with Crippen molar-refractivity contribution in [3.05, 3.63) is 41.2 Å². The second-order valence-electron chi connectivity index (χ2n) is 6.35. The maximum atomic E-state index is 13.9. The van der Waals surface area contributed by atoms with Crippen LogP contribution in [0.3, 0.4) is 0 Å². The zero-order valence-corrected chi connectivity index (χ0v) is 19.8. The van der Waals surface area contributed by atoms with Gasteiger partial charge in [0.25, 0.3) is 0 Å². The van der Waals surface area contributed by atoms with Crippen molar-refractivity contribution in [1.82, 2.24) is 15.6 Å². The Balaban J connectivity index is 0.00000300. The van der Waals surface area contributed by atoms with Gasteiger partial charge in [0, 0.05) is 36.8 Å². The number of hydrogen-bond acceptors (Lipinski definition) is 6. The average Bonchev–Trinajstić information content (AvgIpc) is 3.29. The van der Waals surface area contributed by atoms with Gasteiger partial charge in [0.2, 0.25) is 10.0 Å². The number of nitrogens with zero attached hydrogens (tertiary/aromatic N) is 3. The molecule has 0 radical (unpaired) electrons. The summed E-state index contributed by atoms with van der Waals surface area (Å²) in [5.74, 6) is 0.663. The zero-order chi connectivity index (χ0) is 20.1. The van der Waals surface area contributed by atoms with Crippen LogP contribution < -0.4 is 20.7 Å². The first kappa shape index (κ1) is 23.8. The third kappa shape index (κ3) is 6.49. The molecule has 0 aliphatic carbocycles. The Morgan fingerprint density at radius 1 is 1.45 bits per heavy atom. The van der Waals surface area contributed by atoms with Gasteiger partial charge in [0.1, 0.15) is 4.21 Å². The molecule has 1 atom stereocenters. The molecule has 3 rings (SSSR count). The zero-order valence-electron chi connectivity index (χ0n) is 15.8. The van der Waals surface area contributed by atoms with E-state index in [2.05, 4.69) is 20.6 Å². The monoisotopic (exact) mass is 554 g/mol. The Kier molecular flexibility index (Phi) is 8.60. The molecule has 1 aliphatic rings. The summed E-state index contributed by atoms with van der Waals surface area (Å²) in [7, 11) is -3.69. The first-order valence-corrected chi connectivity index (χ1v) is 11.2. The Morgan fingerprint density at radius 3 is 2.90 bits per heavy atom. The van der Waals surface area contributed by atoms with E-state index in [0.29, 0.717) is 38.0 Å². The number of aromatic nitrogens is 1. The molecule has 1 aliphatic heterocycles. The van der Waals surface area contributed by atoms with E-state index in [-0.39, 0.29) is 40.0 Å². The lowest BCUT2D eigenvalue weighted by Gasteiger charge is -2.19. The lowest BCUT2D eigenvalue weighted by molar-refractivity contribution is 0.599. The molecule has 0 spiro atoms. The lowest BCUT2D eigenvalue weighted by atomic mass is 10.3. The van der Waals surface area contributed by atoms with Crippen LogP contribution >= 0.6 is 35.3 Å². The van der Waals surface area contributed by atoms with Crippen LogP contribution in [0.4, 0.5) is 10.2 Å². The van der Waals surface area contributed by atoms with E-state index in [1.165, 1.54) is 12.1 Å². The first-order valence-electron chi connectivity index (χ1n) is 8.88. The van der Waals surface area contributed by atoms with E-state index < -0.39 is 10.0 Å². The van der Waals surface area contributed by atoms with Gasteiger partial charge < -0.3 is 15.5 Å². The lowest BCUT2D eigenvalue weighted by Crippen LogP contribution is -2.44. The van der Waals surface area contributed by atoms with Gasteiger partial charge >= 0.3 is 0 Å². The Bertz CT molecular complexity index is 953. The van der Waals surface area contributed by atoms with Crippen LogP contribution in [0.1, 0.15) is 18.2 Å². The van der Waals surface area contributed by atoms with Gasteiger partial charge in [-0.25, -0.2) is 27.9 Å². The van der Waals surface area contributed by atoms with Crippen LogP contribution in [0.25, 0.3) is 0 Å². The number of guanidine groups is 1. The summed E-state index contributed by atoms with van der Waals surface area (Å²) >= 11 is 1.11. The van der Waals surface area contributed by atoms with Crippen LogP contribution in [0.5, 0.6) is 0 Å². The summed E-state index contributed by atoms with van der Waals surface area (Å²) in [4.78, 5) is 11.4. The van der Waals surface area contributed by atoms with Crippen LogP contribution in [0.2, 0.25) is 0 Å². The second-order valence-corrected chi connectivity index (χ2v) is 9.30. The summed E-state index contributed by atoms with van der Waals surface area (Å²) in [6, 6.07) is 6.28. The highest BCUT2D eigenvalue weighted by Gasteiger charge is 2.26. The molecular formula is C17H24FIN6O2S2. The molecule has 8 nitrogen and oxygen atoms in total. The highest BCUT2D eigenvalue weighted by molar-refractivity contribution is 14.0. The van der Waals surface area contributed by atoms with Crippen LogP contribution in [-0.4, -0.2) is 45.0 Å². The molecule has 1 fully saturated rings. The van der Waals surface area contributed by atoms with Crippen molar-refractivity contribution in [3.8, 4) is 0 Å². The minimum Gasteiger partial charge on any atom is -0.357 e. The number of halogens is 2. The van der Waals surface area contributed by atoms with Gasteiger partial charge in [0.05, 0.1) is 6.54 Å². The Morgan fingerprint density at radius 2 is 2.24 bits per heavy atom. The second kappa shape index (κ2) is 10.5. The normalized spacial score (nSPS) is 17.1. The van der Waals surface area contributed by atoms with Gasteiger partial charge in [-0.15, -0.1) is 35.3 Å². The fourth-order valence-corrected chi connectivity index (χ4v) is 4.65. The van der Waals surface area contributed by atoms with E-state index in [4.69, 9.17) is 5.14 Å². The van der Waals surface area contributed by atoms with Gasteiger partial charge in [-0.3, -0.25) is 0 Å². The van der Waals surface area contributed by atoms with Gasteiger partial charge in [0.15, 0.2) is 17.6 Å². The first-order chi connectivity index (χ1) is 13.4. The number of aliphatic imine (C=N–C) groups is 1. The number of hydrogen-bond donors (Lipinski definition) is 3. The maximum Gasteiger partial charge on any atom is 0.247 e. The Labute approximate surface area is 190 Å². The number of anilines is 1. The van der Waals surface area contributed by atoms with Crippen molar-refractivity contribution in [2.24, 2.45) is 10.1 Å². The highest BCUT2D eigenvalue weighted by Crippen LogP contribution is 2.22. The number of nitrogens with two attached hydrogens (primary N) is 1. The fraction of sp³-hybridized carbons (Fsp3) is 0.412. The molecule has 160 valence electrons. The van der Waals surface area contributed by atoms with Crippen LogP contribution in [0.15, 0.2) is 39.7 Å². The minimum atomic E-state index is -3.69. The molecule has 1 saturated heterocycles. The molecule has 3 heterocycles. The predicted molar refractivity (Wildman–Crippen MR) is 124 cm³/mol. The fourth-order valence-electron chi connectivity index (χ4n) is 2.95. The van der Waals surface area contributed by atoms with E-state index >= 15 is 0 Å². The molecule has 1 unspecified atom stereocenters. The molecule has 2 aromatic heterocycles. The molecule has 4 N–H and O–H groups in total. The molecule has 2 aromatic rings. The number of primary sulfonamides is 1. The van der Waals surface area contributed by atoms with Crippen molar-refractivity contribution < 1.29 is 12.8 Å². The van der Waals surface area contributed by atoms with Crippen molar-refractivity contribution in [2.45, 2.75) is 30.1 Å². The summed E-state index contributed by atoms with van der Waals surface area (Å²) < 4.78 is 36.8. The van der Waals surface area contributed by atoms with Crippen molar-refractivity contribution in [3.63, 3.8) is 0 Å². The molecule has 0 amide bonds. The predicted octanol–water partition coefficient (Wildman–Crippen LogP) is 1.88. The standard InChI is InChI=1S/C17H23FN6O2S2.HI/c1-2-20-17(22-10-13-5-6-15(27-13)28(19,25)26)23-12-7-9-24(11-12)16-14(18)4-3-8-21-16;/h3-6,8,12H,2,7,9-11H2,1H3,(H2,19,25,26)(H2,20,22,23);1H. The topological polar surface area (TPSA) is 113 Å². The third-order valence-corrected chi connectivity index (χ3v) is 6.73. The van der Waals surface area contributed by atoms with Gasteiger partial charge in [-0.2, -0.15) is 0 Å². The summed E-state index contributed by atoms with van der Waals surface area (Å²) in [6.07, 6.45) is 2.41. The smallest absolute Gasteiger partial charge is 0.247 e. The minimum absolute atomic E-state index is 0. The highest BCUT2D eigenvalue weighted by atomic mass is 127. The Hall–Kier alpha value is -1.51. The number of rotatable bonds is 6. The van der Waals surface area contributed by atoms with E-state index in [0.717, 1.165) is 22.6 Å². The number of thiophene rings is 1. The van der Waals surface area contributed by atoms with Crippen molar-refractivity contribution in [1.29, 1.82) is 0 Å². The molecule has 29 heavy (non-hydrogen) atoms. The third-order valence-electron chi connectivity index (χ3n) is 4.22. The quantitative estimate of drug-likeness (QED) is 0.286. The molecule has 0 bridgehead atoms. The molecule has 0 saturated carbocycles. The van der Waals surface area contributed by atoms with Crippen molar-refractivity contribution >= 4 is 57.1 Å². The molecular weight excluding hydrogens is 530 g/mol. The average molecular weight is 554 g/mol. The largest absolute Gasteiger partial charge is 0.357 e. The molecule has 0 aromatic carbocycles. The number of nitrogens with one attached hydrogen (secondary N) is 2. The van der Waals surface area contributed by atoms with E-state index in [1.807, 2.05) is 11.8 Å². The number of sulfonamides is 1. The van der Waals surface area contributed by atoms with Crippen LogP contribution in [-0.2, 0) is 16.6 Å². The molecule has 12 heteroatoms. The summed E-state index contributed by atoms with van der Waals surface area (Å²) in [5, 5.41) is 11.7. The van der Waals surface area contributed by atoms with Crippen molar-refractivity contribution in [2.75, 3.05) is 24.5 Å². The van der Waals surface area contributed by atoms with E-state index in [9.17, 15) is 12.8 Å². The SMILES string of the molecule is CCNC(=NCc1ccc(S(N)(=O)=O)s1)NC1CCN(c2ncccc2F)C1.I. The summed E-state index contributed by atoms with van der Waals surface area (Å²) in [5.41, 5.74) is 0. The number of pyridine rings is 1. The van der Waals surface area contributed by atoms with Gasteiger partial charge in [-0.1, -0.05) is 0 Å². The summed E-state index contributed by atoms with van der Waals surface area (Å²) in [6.45, 7) is 4.30. The van der Waals surface area contributed by atoms with E-state index in [1.54, 1.807) is 18.3 Å². The van der Waals surface area contributed by atoms with Crippen LogP contribution in [0, 0.1) is 5.82 Å².